The lowest BCUT2D eigenvalue weighted by Gasteiger charge is -2.17. The van der Waals surface area contributed by atoms with Crippen LogP contribution in [-0.4, -0.2) is 34.6 Å². The molecule has 0 aliphatic heterocycles. The number of nitrogens with zero attached hydrogens (tertiary/aromatic N) is 2. The monoisotopic (exact) mass is 312 g/mol. The van der Waals surface area contributed by atoms with Gasteiger partial charge < -0.3 is 9.84 Å². The average molecular weight is 312 g/mol. The van der Waals surface area contributed by atoms with E-state index in [1.807, 2.05) is 6.92 Å². The number of Topliss-reactive ketones (excluding diaryl/α,β-unsaturated/α-hetero) is 1. The maximum Gasteiger partial charge on any atom is 0.191 e. The molecule has 1 aromatic carbocycles. The van der Waals surface area contributed by atoms with Gasteiger partial charge in [-0.25, -0.2) is 9.97 Å². The molecule has 0 bridgehead atoms. The molecule has 3 rings (SSSR count). The molecule has 1 saturated carbocycles. The third-order valence-corrected chi connectivity index (χ3v) is 4.54. The Balaban J connectivity index is 1.80. The number of aromatic nitrogens is 2. The molecule has 1 fully saturated rings. The molecule has 1 N–H and O–H groups in total. The van der Waals surface area contributed by atoms with Gasteiger partial charge in [0.15, 0.2) is 5.78 Å². The lowest BCUT2D eigenvalue weighted by molar-refractivity contribution is 0.0903. The van der Waals surface area contributed by atoms with E-state index in [2.05, 4.69) is 28.2 Å². The van der Waals surface area contributed by atoms with Crippen molar-refractivity contribution in [1.29, 1.82) is 0 Å². The molecule has 23 heavy (non-hydrogen) atoms. The number of hydrogen-bond donors (Lipinski definition) is 1. The molecule has 0 radical (unpaired) electrons. The number of ketones is 1. The molecule has 120 valence electrons. The average Bonchev–Trinajstić information content (AvgIpc) is 3.36. The third kappa shape index (κ3) is 3.10. The standard InChI is InChI=1S/C18H20N2O3/c1-12-3-4-14(7-16(12)23-2)18(5-6-18)8-17-19-9-13(10-20-17)15(22)11-21/h3-4,7,9-10,21H,5-6,8,11H2,1-2H3. The van der Waals surface area contributed by atoms with Crippen molar-refractivity contribution in [3.63, 3.8) is 0 Å². The number of aliphatic hydroxyl groups is 1. The maximum absolute atomic E-state index is 11.4. The van der Waals surface area contributed by atoms with Gasteiger partial charge in [0.2, 0.25) is 0 Å². The minimum Gasteiger partial charge on any atom is -0.496 e. The number of hydrogen-bond acceptors (Lipinski definition) is 5. The van der Waals surface area contributed by atoms with Crippen LogP contribution in [0.4, 0.5) is 0 Å². The van der Waals surface area contributed by atoms with Gasteiger partial charge in [-0.1, -0.05) is 12.1 Å². The van der Waals surface area contributed by atoms with Gasteiger partial charge >= 0.3 is 0 Å². The van der Waals surface area contributed by atoms with Crippen LogP contribution in [0.5, 0.6) is 5.75 Å². The number of aliphatic hydroxyl groups excluding tert-OH is 1. The summed E-state index contributed by atoms with van der Waals surface area (Å²) in [5.41, 5.74) is 2.79. The van der Waals surface area contributed by atoms with Crippen LogP contribution < -0.4 is 4.74 Å². The zero-order valence-electron chi connectivity index (χ0n) is 13.4. The fraction of sp³-hybridized carbons (Fsp3) is 0.389. The van der Waals surface area contributed by atoms with E-state index < -0.39 is 6.61 Å². The van der Waals surface area contributed by atoms with Crippen molar-refractivity contribution in [2.75, 3.05) is 13.7 Å². The van der Waals surface area contributed by atoms with Crippen LogP contribution in [0.15, 0.2) is 30.6 Å². The topological polar surface area (TPSA) is 72.3 Å². The summed E-state index contributed by atoms with van der Waals surface area (Å²) < 4.78 is 5.42. The molecule has 1 aliphatic rings. The van der Waals surface area contributed by atoms with Crippen molar-refractivity contribution in [2.45, 2.75) is 31.6 Å². The van der Waals surface area contributed by atoms with Gasteiger partial charge in [-0.15, -0.1) is 0 Å². The molecular weight excluding hydrogens is 292 g/mol. The summed E-state index contributed by atoms with van der Waals surface area (Å²) in [6.07, 6.45) is 5.92. The number of methoxy groups -OCH3 is 1. The molecule has 0 unspecified atom stereocenters. The molecular formula is C18H20N2O3. The fourth-order valence-corrected chi connectivity index (χ4v) is 2.85. The van der Waals surface area contributed by atoms with Crippen molar-refractivity contribution in [3.05, 3.63) is 53.1 Å². The zero-order chi connectivity index (χ0) is 16.4. The van der Waals surface area contributed by atoms with Gasteiger partial charge in [0.05, 0.1) is 12.7 Å². The summed E-state index contributed by atoms with van der Waals surface area (Å²) in [4.78, 5) is 20.0. The largest absolute Gasteiger partial charge is 0.496 e. The Morgan fingerprint density at radius 3 is 2.57 bits per heavy atom. The minimum absolute atomic E-state index is 0.0729. The summed E-state index contributed by atoms with van der Waals surface area (Å²) in [7, 11) is 1.69. The highest BCUT2D eigenvalue weighted by Gasteiger charge is 2.45. The summed E-state index contributed by atoms with van der Waals surface area (Å²) >= 11 is 0. The Labute approximate surface area is 135 Å². The lowest BCUT2D eigenvalue weighted by atomic mass is 9.91. The number of aryl methyl sites for hydroxylation is 1. The highest BCUT2D eigenvalue weighted by atomic mass is 16.5. The van der Waals surface area contributed by atoms with E-state index in [1.54, 1.807) is 7.11 Å². The first-order chi connectivity index (χ1) is 11.1. The van der Waals surface area contributed by atoms with E-state index in [-0.39, 0.29) is 11.2 Å². The Morgan fingerprint density at radius 1 is 1.30 bits per heavy atom. The van der Waals surface area contributed by atoms with Gasteiger partial charge in [-0.2, -0.15) is 0 Å². The molecule has 0 saturated heterocycles. The first kappa shape index (κ1) is 15.6. The van der Waals surface area contributed by atoms with Crippen LogP contribution in [0, 0.1) is 6.92 Å². The van der Waals surface area contributed by atoms with Crippen molar-refractivity contribution < 1.29 is 14.6 Å². The Kier molecular flexibility index (Phi) is 4.13. The molecule has 5 nitrogen and oxygen atoms in total. The van der Waals surface area contributed by atoms with Crippen LogP contribution in [0.3, 0.4) is 0 Å². The second-order valence-corrected chi connectivity index (χ2v) is 6.11. The van der Waals surface area contributed by atoms with Gasteiger partial charge in [0.1, 0.15) is 18.2 Å². The molecule has 0 amide bonds. The predicted octanol–water partition coefficient (Wildman–Crippen LogP) is 2.24. The predicted molar refractivity (Wildman–Crippen MR) is 85.8 cm³/mol. The Hall–Kier alpha value is -2.27. The fourth-order valence-electron chi connectivity index (χ4n) is 2.85. The van der Waals surface area contributed by atoms with E-state index in [4.69, 9.17) is 9.84 Å². The van der Waals surface area contributed by atoms with Crippen LogP contribution in [0.25, 0.3) is 0 Å². The molecule has 1 heterocycles. The van der Waals surface area contributed by atoms with Crippen LogP contribution >= 0.6 is 0 Å². The van der Waals surface area contributed by atoms with E-state index >= 15 is 0 Å². The van der Waals surface area contributed by atoms with Gasteiger partial charge in [-0.3, -0.25) is 4.79 Å². The second-order valence-electron chi connectivity index (χ2n) is 6.11. The summed E-state index contributed by atoms with van der Waals surface area (Å²) in [5, 5.41) is 8.86. The van der Waals surface area contributed by atoms with E-state index in [9.17, 15) is 4.79 Å². The van der Waals surface area contributed by atoms with E-state index in [0.717, 1.165) is 36.4 Å². The first-order valence-electron chi connectivity index (χ1n) is 7.68. The molecule has 0 spiro atoms. The highest BCUT2D eigenvalue weighted by Crippen LogP contribution is 2.51. The number of carbonyl (C=O) groups excluding carboxylic acids is 1. The number of carbonyl (C=O) groups is 1. The maximum atomic E-state index is 11.4. The quantitative estimate of drug-likeness (QED) is 0.828. The Bertz CT molecular complexity index is 722. The van der Waals surface area contributed by atoms with Crippen LogP contribution in [0.2, 0.25) is 0 Å². The summed E-state index contributed by atoms with van der Waals surface area (Å²) in [6.45, 7) is 1.51. The smallest absolute Gasteiger partial charge is 0.191 e. The van der Waals surface area contributed by atoms with Crippen molar-refractivity contribution in [3.8, 4) is 5.75 Å². The molecule has 0 atom stereocenters. The number of ether oxygens (including phenoxy) is 1. The highest BCUT2D eigenvalue weighted by molar-refractivity contribution is 5.96. The SMILES string of the molecule is COc1cc(C2(Cc3ncc(C(=O)CO)cn3)CC2)ccc1C. The van der Waals surface area contributed by atoms with E-state index in [1.165, 1.54) is 18.0 Å². The van der Waals surface area contributed by atoms with Gasteiger partial charge in [-0.05, 0) is 37.0 Å². The van der Waals surface area contributed by atoms with Crippen LogP contribution in [0.1, 0.15) is 40.2 Å². The van der Waals surface area contributed by atoms with Crippen molar-refractivity contribution in [2.24, 2.45) is 0 Å². The number of rotatable bonds is 6. The normalized spacial score (nSPS) is 15.3. The van der Waals surface area contributed by atoms with Crippen LogP contribution in [-0.2, 0) is 11.8 Å². The van der Waals surface area contributed by atoms with Gasteiger partial charge in [0.25, 0.3) is 0 Å². The molecule has 1 aliphatic carbocycles. The third-order valence-electron chi connectivity index (χ3n) is 4.54. The lowest BCUT2D eigenvalue weighted by Crippen LogP contribution is -2.14. The number of benzene rings is 1. The van der Waals surface area contributed by atoms with Crippen molar-refractivity contribution in [1.82, 2.24) is 9.97 Å². The molecule has 2 aromatic rings. The Morgan fingerprint density at radius 2 is 2.00 bits per heavy atom. The van der Waals surface area contributed by atoms with Gasteiger partial charge in [0, 0.05) is 24.2 Å². The second kappa shape index (κ2) is 6.08. The zero-order valence-corrected chi connectivity index (χ0v) is 13.4. The van der Waals surface area contributed by atoms with E-state index in [0.29, 0.717) is 5.56 Å². The first-order valence-corrected chi connectivity index (χ1v) is 7.68. The van der Waals surface area contributed by atoms with Crippen molar-refractivity contribution >= 4 is 5.78 Å². The molecule has 1 aromatic heterocycles. The molecule has 5 heteroatoms. The summed E-state index contributed by atoms with van der Waals surface area (Å²) in [5.74, 6) is 1.26. The summed E-state index contributed by atoms with van der Waals surface area (Å²) in [6, 6.07) is 6.33. The minimum atomic E-state index is -0.518.